The van der Waals surface area contributed by atoms with Gasteiger partial charge >= 0.3 is 0 Å². The number of nitrogens with two attached hydrogens (primary N) is 1. The third-order valence-electron chi connectivity index (χ3n) is 5.03. The van der Waals surface area contributed by atoms with Crippen molar-refractivity contribution in [2.45, 2.75) is 44.1 Å². The van der Waals surface area contributed by atoms with Gasteiger partial charge in [0.25, 0.3) is 5.91 Å². The molecule has 1 saturated heterocycles. The van der Waals surface area contributed by atoms with Crippen LogP contribution in [0.2, 0.25) is 0 Å². The molecule has 1 fully saturated rings. The van der Waals surface area contributed by atoms with Crippen LogP contribution in [0.4, 0.5) is 0 Å². The number of oxime groups is 1. The fraction of sp³-hybridized carbons (Fsp3) is 0.556. The van der Waals surface area contributed by atoms with Crippen LogP contribution in [0, 0.1) is 0 Å². The molecule has 2 aliphatic rings. The molecule has 1 amide bonds. The standard InChI is InChI=1S/C18H25N3O2.ClH/c1-17(2)12-15(20-23-17)16(22)21-10-8-18(13-19,9-11-21)14-6-4-3-5-7-14;/h3-7H,8-13,19H2,1-2H3;1H. The summed E-state index contributed by atoms with van der Waals surface area (Å²) in [6, 6.07) is 10.4. The molecule has 0 saturated carbocycles. The van der Waals surface area contributed by atoms with Crippen molar-refractivity contribution in [3.05, 3.63) is 35.9 Å². The first-order chi connectivity index (χ1) is 11.0. The Bertz CT molecular complexity index is 608. The number of piperidine rings is 1. The number of hydrogen-bond donors (Lipinski definition) is 1. The second kappa shape index (κ2) is 7.11. The van der Waals surface area contributed by atoms with E-state index in [0.717, 1.165) is 12.8 Å². The SMILES string of the molecule is CC1(C)CC(C(=O)N2CCC(CN)(c3ccccc3)CC2)=NO1.Cl. The van der Waals surface area contributed by atoms with E-state index in [1.54, 1.807) is 0 Å². The highest BCUT2D eigenvalue weighted by molar-refractivity contribution is 6.39. The monoisotopic (exact) mass is 351 g/mol. The van der Waals surface area contributed by atoms with Crippen LogP contribution < -0.4 is 5.73 Å². The second-order valence-corrected chi connectivity index (χ2v) is 7.21. The van der Waals surface area contributed by atoms with Gasteiger partial charge in [0.15, 0.2) is 0 Å². The average molecular weight is 352 g/mol. The molecular weight excluding hydrogens is 326 g/mol. The van der Waals surface area contributed by atoms with Gasteiger partial charge in [-0.1, -0.05) is 35.5 Å². The van der Waals surface area contributed by atoms with Gasteiger partial charge in [-0.2, -0.15) is 0 Å². The third-order valence-corrected chi connectivity index (χ3v) is 5.03. The Morgan fingerprint density at radius 3 is 2.38 bits per heavy atom. The van der Waals surface area contributed by atoms with E-state index in [1.165, 1.54) is 5.56 Å². The van der Waals surface area contributed by atoms with Crippen molar-refractivity contribution in [3.8, 4) is 0 Å². The summed E-state index contributed by atoms with van der Waals surface area (Å²) < 4.78 is 0. The summed E-state index contributed by atoms with van der Waals surface area (Å²) in [5.41, 5.74) is 7.52. The van der Waals surface area contributed by atoms with Crippen LogP contribution in [0.3, 0.4) is 0 Å². The van der Waals surface area contributed by atoms with E-state index in [2.05, 4.69) is 29.4 Å². The van der Waals surface area contributed by atoms with E-state index in [9.17, 15) is 4.79 Å². The number of carbonyl (C=O) groups excluding carboxylic acids is 1. The number of halogens is 1. The van der Waals surface area contributed by atoms with Crippen LogP contribution in [-0.4, -0.2) is 41.8 Å². The first-order valence-electron chi connectivity index (χ1n) is 8.26. The van der Waals surface area contributed by atoms with Crippen LogP contribution in [0.5, 0.6) is 0 Å². The zero-order valence-electron chi connectivity index (χ0n) is 14.3. The fourth-order valence-electron chi connectivity index (χ4n) is 3.48. The molecule has 132 valence electrons. The van der Waals surface area contributed by atoms with E-state index in [4.69, 9.17) is 10.6 Å². The highest BCUT2D eigenvalue weighted by atomic mass is 35.5. The first-order valence-corrected chi connectivity index (χ1v) is 8.26. The molecule has 2 heterocycles. The summed E-state index contributed by atoms with van der Waals surface area (Å²) in [6.07, 6.45) is 2.34. The Morgan fingerprint density at radius 2 is 1.88 bits per heavy atom. The van der Waals surface area contributed by atoms with Crippen molar-refractivity contribution in [2.75, 3.05) is 19.6 Å². The summed E-state index contributed by atoms with van der Waals surface area (Å²) in [4.78, 5) is 19.8. The fourth-order valence-corrected chi connectivity index (χ4v) is 3.48. The Balaban J connectivity index is 0.00000208. The van der Waals surface area contributed by atoms with E-state index in [-0.39, 0.29) is 29.3 Å². The largest absolute Gasteiger partial charge is 0.389 e. The second-order valence-electron chi connectivity index (χ2n) is 7.21. The smallest absolute Gasteiger partial charge is 0.271 e. The minimum Gasteiger partial charge on any atom is -0.389 e. The molecule has 0 unspecified atom stereocenters. The Morgan fingerprint density at radius 1 is 1.25 bits per heavy atom. The quantitative estimate of drug-likeness (QED) is 0.909. The van der Waals surface area contributed by atoms with Crippen molar-refractivity contribution < 1.29 is 9.63 Å². The Labute approximate surface area is 149 Å². The van der Waals surface area contributed by atoms with Crippen molar-refractivity contribution in [3.63, 3.8) is 0 Å². The first kappa shape index (κ1) is 18.7. The molecule has 5 nitrogen and oxygen atoms in total. The lowest BCUT2D eigenvalue weighted by molar-refractivity contribution is -0.125. The Hall–Kier alpha value is -1.59. The summed E-state index contributed by atoms with van der Waals surface area (Å²) in [5, 5.41) is 3.98. The lowest BCUT2D eigenvalue weighted by atomic mass is 9.73. The predicted molar refractivity (Wildman–Crippen MR) is 97.5 cm³/mol. The number of carbonyl (C=O) groups is 1. The van der Waals surface area contributed by atoms with Gasteiger partial charge in [0.1, 0.15) is 11.3 Å². The highest BCUT2D eigenvalue weighted by Gasteiger charge is 2.39. The van der Waals surface area contributed by atoms with Crippen LogP contribution in [0.1, 0.15) is 38.7 Å². The molecule has 0 aromatic heterocycles. The van der Waals surface area contributed by atoms with E-state index >= 15 is 0 Å². The van der Waals surface area contributed by atoms with Gasteiger partial charge in [-0.05, 0) is 32.3 Å². The molecule has 24 heavy (non-hydrogen) atoms. The zero-order valence-corrected chi connectivity index (χ0v) is 15.1. The average Bonchev–Trinajstić information content (AvgIpc) is 2.95. The molecule has 2 N–H and O–H groups in total. The van der Waals surface area contributed by atoms with Gasteiger partial charge in [-0.25, -0.2) is 0 Å². The van der Waals surface area contributed by atoms with E-state index in [0.29, 0.717) is 31.8 Å². The molecule has 0 radical (unpaired) electrons. The van der Waals surface area contributed by atoms with Crippen LogP contribution in [-0.2, 0) is 15.0 Å². The molecule has 0 spiro atoms. The van der Waals surface area contributed by atoms with E-state index < -0.39 is 0 Å². The molecule has 0 atom stereocenters. The number of nitrogens with zero attached hydrogens (tertiary/aromatic N) is 2. The summed E-state index contributed by atoms with van der Waals surface area (Å²) in [6.45, 7) is 5.93. The van der Waals surface area contributed by atoms with Gasteiger partial charge < -0.3 is 15.5 Å². The topological polar surface area (TPSA) is 67.9 Å². The van der Waals surface area contributed by atoms with Gasteiger partial charge in [-0.3, -0.25) is 4.79 Å². The highest BCUT2D eigenvalue weighted by Crippen LogP contribution is 2.35. The molecule has 2 aliphatic heterocycles. The lowest BCUT2D eigenvalue weighted by Gasteiger charge is -2.41. The Kier molecular flexibility index (Phi) is 5.56. The minimum absolute atomic E-state index is 0. The van der Waals surface area contributed by atoms with Crippen molar-refractivity contribution in [1.29, 1.82) is 0 Å². The number of rotatable bonds is 3. The van der Waals surface area contributed by atoms with Crippen molar-refractivity contribution in [2.24, 2.45) is 10.9 Å². The molecule has 0 aliphatic carbocycles. The summed E-state index contributed by atoms with van der Waals surface area (Å²) in [5.74, 6) is 0.00857. The molecule has 0 bridgehead atoms. The molecular formula is C18H26ClN3O2. The van der Waals surface area contributed by atoms with E-state index in [1.807, 2.05) is 24.8 Å². The number of benzene rings is 1. The third kappa shape index (κ3) is 3.57. The summed E-state index contributed by atoms with van der Waals surface area (Å²) in [7, 11) is 0. The van der Waals surface area contributed by atoms with Gasteiger partial charge in [0.05, 0.1) is 0 Å². The lowest BCUT2D eigenvalue weighted by Crippen LogP contribution is -2.50. The maximum atomic E-state index is 12.6. The molecule has 6 heteroatoms. The number of hydrogen-bond acceptors (Lipinski definition) is 4. The zero-order chi connectivity index (χ0) is 16.5. The van der Waals surface area contributed by atoms with Gasteiger partial charge in [-0.15, -0.1) is 12.4 Å². The predicted octanol–water partition coefficient (Wildman–Crippen LogP) is 2.48. The maximum absolute atomic E-state index is 12.6. The normalized spacial score (nSPS) is 21.5. The van der Waals surface area contributed by atoms with Gasteiger partial charge in [0.2, 0.25) is 0 Å². The van der Waals surface area contributed by atoms with Gasteiger partial charge in [0, 0.05) is 31.5 Å². The van der Waals surface area contributed by atoms with Crippen LogP contribution in [0.25, 0.3) is 0 Å². The van der Waals surface area contributed by atoms with Crippen LogP contribution >= 0.6 is 12.4 Å². The molecule has 1 aromatic carbocycles. The molecule has 1 aromatic rings. The number of amides is 1. The summed E-state index contributed by atoms with van der Waals surface area (Å²) >= 11 is 0. The number of likely N-dealkylation sites (tertiary alicyclic amines) is 1. The van der Waals surface area contributed by atoms with Crippen molar-refractivity contribution in [1.82, 2.24) is 4.90 Å². The maximum Gasteiger partial charge on any atom is 0.271 e. The minimum atomic E-state index is -0.369. The molecule has 3 rings (SSSR count). The van der Waals surface area contributed by atoms with Crippen molar-refractivity contribution >= 4 is 24.0 Å². The van der Waals surface area contributed by atoms with Crippen LogP contribution in [0.15, 0.2) is 35.5 Å².